The van der Waals surface area contributed by atoms with Crippen LogP contribution in [0.2, 0.25) is 0 Å². The molecular weight excluding hydrogens is 376 g/mol. The number of guanidine groups is 1. The minimum Gasteiger partial charge on any atom is -0.393 e. The van der Waals surface area contributed by atoms with Crippen molar-refractivity contribution >= 4 is 5.96 Å². The van der Waals surface area contributed by atoms with E-state index in [1.54, 1.807) is 0 Å². The molecule has 1 aliphatic rings. The zero-order valence-electron chi connectivity index (χ0n) is 16.0. The van der Waals surface area contributed by atoms with Gasteiger partial charge < -0.3 is 20.6 Å². The topological polar surface area (TPSA) is 59.9 Å². The molecule has 0 atom stereocenters. The maximum Gasteiger partial charge on any atom is 0.416 e. The van der Waals surface area contributed by atoms with Crippen LogP contribution in [0.1, 0.15) is 37.3 Å². The van der Waals surface area contributed by atoms with Crippen molar-refractivity contribution < 1.29 is 22.7 Å². The van der Waals surface area contributed by atoms with Crippen LogP contribution in [-0.4, -0.2) is 54.8 Å². The molecule has 0 amide bonds. The van der Waals surface area contributed by atoms with Gasteiger partial charge in [0.15, 0.2) is 5.96 Å². The Morgan fingerprint density at radius 3 is 2.61 bits per heavy atom. The SMILES string of the molecule is CCNC(=NCc1ccc(F)cc1C(F)(F)F)NCCCN1CCC(O)CC1. The molecule has 158 valence electrons. The first-order valence-corrected chi connectivity index (χ1v) is 9.57. The van der Waals surface area contributed by atoms with Crippen molar-refractivity contribution in [2.24, 2.45) is 4.99 Å². The Balaban J connectivity index is 1.88. The first kappa shape index (κ1) is 22.4. The predicted molar refractivity (Wildman–Crippen MR) is 101 cm³/mol. The summed E-state index contributed by atoms with van der Waals surface area (Å²) in [6.45, 7) is 5.51. The van der Waals surface area contributed by atoms with Crippen molar-refractivity contribution in [1.82, 2.24) is 15.5 Å². The summed E-state index contributed by atoms with van der Waals surface area (Å²) < 4.78 is 52.5. The Hall–Kier alpha value is -1.87. The molecule has 0 aromatic heterocycles. The number of nitrogens with zero attached hydrogens (tertiary/aromatic N) is 2. The van der Waals surface area contributed by atoms with Crippen LogP contribution in [0.3, 0.4) is 0 Å². The Labute approximate surface area is 162 Å². The molecule has 0 aliphatic carbocycles. The van der Waals surface area contributed by atoms with E-state index in [2.05, 4.69) is 20.5 Å². The number of piperidine rings is 1. The zero-order valence-corrected chi connectivity index (χ0v) is 16.0. The quantitative estimate of drug-likeness (QED) is 0.283. The molecule has 0 saturated carbocycles. The lowest BCUT2D eigenvalue weighted by Gasteiger charge is -2.29. The van der Waals surface area contributed by atoms with E-state index < -0.39 is 17.6 Å². The monoisotopic (exact) mass is 404 g/mol. The van der Waals surface area contributed by atoms with Crippen LogP contribution < -0.4 is 10.6 Å². The summed E-state index contributed by atoms with van der Waals surface area (Å²) >= 11 is 0. The fourth-order valence-corrected chi connectivity index (χ4v) is 3.11. The highest BCUT2D eigenvalue weighted by Gasteiger charge is 2.33. The van der Waals surface area contributed by atoms with Crippen LogP contribution in [0.4, 0.5) is 17.6 Å². The summed E-state index contributed by atoms with van der Waals surface area (Å²) in [7, 11) is 0. The molecule has 1 aliphatic heterocycles. The van der Waals surface area contributed by atoms with E-state index >= 15 is 0 Å². The second-order valence-electron chi connectivity index (χ2n) is 6.85. The maximum absolute atomic E-state index is 13.2. The molecule has 1 aromatic carbocycles. The van der Waals surface area contributed by atoms with Crippen LogP contribution >= 0.6 is 0 Å². The smallest absolute Gasteiger partial charge is 0.393 e. The average Bonchev–Trinajstić information content (AvgIpc) is 2.64. The minimum absolute atomic E-state index is 0.0713. The van der Waals surface area contributed by atoms with Crippen molar-refractivity contribution in [1.29, 1.82) is 0 Å². The molecule has 1 fully saturated rings. The number of likely N-dealkylation sites (tertiary alicyclic amines) is 1. The summed E-state index contributed by atoms with van der Waals surface area (Å²) in [6, 6.07) is 2.63. The fraction of sp³-hybridized carbons (Fsp3) is 0.632. The number of aliphatic hydroxyl groups excluding tert-OH is 1. The standard InChI is InChI=1S/C19H28F4N4O/c1-2-24-18(25-8-3-9-27-10-6-16(28)7-11-27)26-13-14-4-5-15(20)12-17(14)19(21,22)23/h4-5,12,16,28H,2-3,6-11,13H2,1H3,(H2,24,25,26). The molecule has 0 radical (unpaired) electrons. The Kier molecular flexibility index (Phi) is 8.50. The van der Waals surface area contributed by atoms with E-state index in [4.69, 9.17) is 0 Å². The summed E-state index contributed by atoms with van der Waals surface area (Å²) in [5, 5.41) is 15.6. The summed E-state index contributed by atoms with van der Waals surface area (Å²) in [5.41, 5.74) is -1.07. The number of aliphatic imine (C=N–C) groups is 1. The van der Waals surface area contributed by atoms with Gasteiger partial charge in [-0.3, -0.25) is 0 Å². The highest BCUT2D eigenvalue weighted by Crippen LogP contribution is 2.32. The molecule has 1 heterocycles. The number of hydrogen-bond acceptors (Lipinski definition) is 3. The highest BCUT2D eigenvalue weighted by atomic mass is 19.4. The van der Waals surface area contributed by atoms with Gasteiger partial charge >= 0.3 is 6.18 Å². The third-order valence-electron chi connectivity index (χ3n) is 4.63. The van der Waals surface area contributed by atoms with Crippen molar-refractivity contribution in [2.45, 2.75) is 45.0 Å². The molecule has 1 aromatic rings. The number of rotatable bonds is 7. The first-order valence-electron chi connectivity index (χ1n) is 9.57. The van der Waals surface area contributed by atoms with Gasteiger partial charge in [-0.05, 0) is 50.4 Å². The van der Waals surface area contributed by atoms with E-state index in [-0.39, 0.29) is 18.2 Å². The molecule has 28 heavy (non-hydrogen) atoms. The number of benzene rings is 1. The van der Waals surface area contributed by atoms with Gasteiger partial charge in [-0.25, -0.2) is 9.38 Å². The van der Waals surface area contributed by atoms with E-state index in [1.165, 1.54) is 0 Å². The van der Waals surface area contributed by atoms with Gasteiger partial charge in [-0.15, -0.1) is 0 Å². The van der Waals surface area contributed by atoms with E-state index in [0.717, 1.165) is 51.0 Å². The van der Waals surface area contributed by atoms with Crippen molar-refractivity contribution in [3.05, 3.63) is 35.1 Å². The summed E-state index contributed by atoms with van der Waals surface area (Å²) in [5.74, 6) is -0.496. The number of halogens is 4. The van der Waals surface area contributed by atoms with Gasteiger partial charge in [-0.2, -0.15) is 13.2 Å². The first-order chi connectivity index (χ1) is 13.3. The number of hydrogen-bond donors (Lipinski definition) is 3. The molecule has 9 heteroatoms. The third-order valence-corrected chi connectivity index (χ3v) is 4.63. The van der Waals surface area contributed by atoms with Crippen molar-refractivity contribution in [3.63, 3.8) is 0 Å². The average molecular weight is 404 g/mol. The van der Waals surface area contributed by atoms with Gasteiger partial charge in [0.25, 0.3) is 0 Å². The zero-order chi connectivity index (χ0) is 20.6. The van der Waals surface area contributed by atoms with E-state index in [1.807, 2.05) is 6.92 Å². The number of aliphatic hydroxyl groups is 1. The molecular formula is C19H28F4N4O. The van der Waals surface area contributed by atoms with Crippen molar-refractivity contribution in [2.75, 3.05) is 32.7 Å². The molecule has 0 bridgehead atoms. The van der Waals surface area contributed by atoms with Crippen LogP contribution in [-0.2, 0) is 12.7 Å². The van der Waals surface area contributed by atoms with Crippen molar-refractivity contribution in [3.8, 4) is 0 Å². The predicted octanol–water partition coefficient (Wildman–Crippen LogP) is 2.75. The lowest BCUT2D eigenvalue weighted by molar-refractivity contribution is -0.138. The van der Waals surface area contributed by atoms with Gasteiger partial charge in [0.1, 0.15) is 5.82 Å². The summed E-state index contributed by atoms with van der Waals surface area (Å²) in [6.07, 6.45) is -2.39. The van der Waals surface area contributed by atoms with Gasteiger partial charge in [-0.1, -0.05) is 6.07 Å². The van der Waals surface area contributed by atoms with Crippen LogP contribution in [0.15, 0.2) is 23.2 Å². The Morgan fingerprint density at radius 2 is 1.96 bits per heavy atom. The largest absolute Gasteiger partial charge is 0.416 e. The summed E-state index contributed by atoms with van der Waals surface area (Å²) in [4.78, 5) is 6.49. The van der Waals surface area contributed by atoms with Gasteiger partial charge in [0.2, 0.25) is 0 Å². The van der Waals surface area contributed by atoms with Gasteiger partial charge in [0.05, 0.1) is 18.2 Å². The van der Waals surface area contributed by atoms with E-state index in [0.29, 0.717) is 25.1 Å². The maximum atomic E-state index is 13.2. The number of alkyl halides is 3. The molecule has 0 spiro atoms. The lowest BCUT2D eigenvalue weighted by atomic mass is 10.1. The highest BCUT2D eigenvalue weighted by molar-refractivity contribution is 5.79. The second-order valence-corrected chi connectivity index (χ2v) is 6.85. The molecule has 2 rings (SSSR count). The Bertz CT molecular complexity index is 643. The minimum atomic E-state index is -4.62. The number of nitrogens with one attached hydrogen (secondary N) is 2. The fourth-order valence-electron chi connectivity index (χ4n) is 3.11. The van der Waals surface area contributed by atoms with E-state index in [9.17, 15) is 22.7 Å². The van der Waals surface area contributed by atoms with Crippen LogP contribution in [0.25, 0.3) is 0 Å². The van der Waals surface area contributed by atoms with Crippen LogP contribution in [0, 0.1) is 5.82 Å². The molecule has 1 saturated heterocycles. The van der Waals surface area contributed by atoms with Gasteiger partial charge in [0, 0.05) is 26.2 Å². The molecule has 3 N–H and O–H groups in total. The van der Waals surface area contributed by atoms with Crippen LogP contribution in [0.5, 0.6) is 0 Å². The lowest BCUT2D eigenvalue weighted by Crippen LogP contribution is -2.40. The normalized spacial score (nSPS) is 17.0. The molecule has 5 nitrogen and oxygen atoms in total. The molecule has 0 unspecified atom stereocenters. The Morgan fingerprint density at radius 1 is 1.25 bits per heavy atom. The third kappa shape index (κ3) is 7.27. The second kappa shape index (κ2) is 10.6.